The van der Waals surface area contributed by atoms with E-state index in [0.29, 0.717) is 19.3 Å². The van der Waals surface area contributed by atoms with Crippen LogP contribution in [0.15, 0.2) is 41.7 Å². The second-order valence-electron chi connectivity index (χ2n) is 11.3. The monoisotopic (exact) mass is 470 g/mol. The first kappa shape index (κ1) is 27.8. The molecule has 5 heteroatoms. The van der Waals surface area contributed by atoms with Crippen molar-refractivity contribution in [3.63, 3.8) is 0 Å². The Kier molecular flexibility index (Phi) is 8.90. The standard InChI is InChI=1S/C29H42O5/c1-18(2)14-16-22-25(31)24(28(7,8)20(5)6)26(32)29(22,23(30)17-15-19(3)4)34-27(33)21-12-10-9-11-13-21/h9-13,18-20,22,32H,14-17H2,1-8H3/t22-,29+/m0/s1. The Labute approximate surface area is 205 Å². The molecule has 0 saturated carbocycles. The number of benzene rings is 1. The summed E-state index contributed by atoms with van der Waals surface area (Å²) in [6, 6.07) is 8.42. The topological polar surface area (TPSA) is 80.7 Å². The lowest BCUT2D eigenvalue weighted by Crippen LogP contribution is -2.50. The van der Waals surface area contributed by atoms with Gasteiger partial charge in [0, 0.05) is 12.0 Å². The third-order valence-electron chi connectivity index (χ3n) is 7.39. The molecule has 1 aliphatic carbocycles. The highest BCUT2D eigenvalue weighted by Gasteiger charge is 2.63. The molecule has 0 heterocycles. The zero-order chi connectivity index (χ0) is 25.8. The fourth-order valence-corrected chi connectivity index (χ4v) is 4.46. The molecule has 0 saturated heterocycles. The summed E-state index contributed by atoms with van der Waals surface area (Å²) in [5.41, 5.74) is -2.20. The van der Waals surface area contributed by atoms with E-state index in [9.17, 15) is 19.5 Å². The predicted octanol–water partition coefficient (Wildman–Crippen LogP) is 6.72. The van der Waals surface area contributed by atoms with E-state index in [2.05, 4.69) is 0 Å². The molecule has 0 radical (unpaired) electrons. The lowest BCUT2D eigenvalue weighted by molar-refractivity contribution is -0.147. The van der Waals surface area contributed by atoms with Crippen LogP contribution in [0.4, 0.5) is 0 Å². The van der Waals surface area contributed by atoms with E-state index < -0.39 is 28.7 Å². The molecular weight excluding hydrogens is 428 g/mol. The van der Waals surface area contributed by atoms with Gasteiger partial charge in [0.05, 0.1) is 11.5 Å². The lowest BCUT2D eigenvalue weighted by Gasteiger charge is -2.34. The Morgan fingerprint density at radius 3 is 2.06 bits per heavy atom. The summed E-state index contributed by atoms with van der Waals surface area (Å²) in [6.45, 7) is 15.9. The normalized spacial score (nSPS) is 21.1. The zero-order valence-electron chi connectivity index (χ0n) is 22.1. The first-order chi connectivity index (χ1) is 15.8. The second-order valence-corrected chi connectivity index (χ2v) is 11.3. The summed E-state index contributed by atoms with van der Waals surface area (Å²) in [4.78, 5) is 41.0. The van der Waals surface area contributed by atoms with Crippen LogP contribution in [-0.4, -0.2) is 28.2 Å². The van der Waals surface area contributed by atoms with Gasteiger partial charge in [0.25, 0.3) is 0 Å². The molecule has 188 valence electrons. The SMILES string of the molecule is CC(C)CCC(=O)[C@@]1(OC(=O)c2ccccc2)C(O)=C(C(C)(C)C(C)C)C(=O)[C@@H]1CCC(C)C. The fourth-order valence-electron chi connectivity index (χ4n) is 4.46. The van der Waals surface area contributed by atoms with E-state index in [1.807, 2.05) is 55.4 Å². The molecule has 2 atom stereocenters. The van der Waals surface area contributed by atoms with Crippen molar-refractivity contribution in [3.05, 3.63) is 47.2 Å². The maximum Gasteiger partial charge on any atom is 0.339 e. The van der Waals surface area contributed by atoms with E-state index in [1.54, 1.807) is 30.3 Å². The molecule has 0 amide bonds. The van der Waals surface area contributed by atoms with Crippen molar-refractivity contribution < 1.29 is 24.2 Å². The van der Waals surface area contributed by atoms with Crippen molar-refractivity contribution in [2.45, 2.75) is 86.7 Å². The van der Waals surface area contributed by atoms with Crippen molar-refractivity contribution in [1.29, 1.82) is 0 Å². The molecule has 1 N–H and O–H groups in total. The first-order valence-corrected chi connectivity index (χ1v) is 12.6. The van der Waals surface area contributed by atoms with E-state index in [1.165, 1.54) is 0 Å². The number of hydrogen-bond acceptors (Lipinski definition) is 5. The van der Waals surface area contributed by atoms with Gasteiger partial charge in [-0.05, 0) is 48.1 Å². The van der Waals surface area contributed by atoms with E-state index in [4.69, 9.17) is 4.74 Å². The third kappa shape index (κ3) is 5.45. The summed E-state index contributed by atoms with van der Waals surface area (Å²) in [5, 5.41) is 11.7. The minimum absolute atomic E-state index is 0.0192. The number of aliphatic hydroxyl groups excluding tert-OH is 1. The van der Waals surface area contributed by atoms with Gasteiger partial charge in [0.1, 0.15) is 0 Å². The van der Waals surface area contributed by atoms with Crippen LogP contribution in [0, 0.1) is 29.1 Å². The van der Waals surface area contributed by atoms with Crippen LogP contribution in [0.2, 0.25) is 0 Å². The largest absolute Gasteiger partial charge is 0.507 e. The molecule has 5 nitrogen and oxygen atoms in total. The van der Waals surface area contributed by atoms with Gasteiger partial charge >= 0.3 is 5.97 Å². The number of ketones is 2. The Balaban J connectivity index is 2.72. The molecule has 1 aliphatic rings. The Hall–Kier alpha value is -2.43. The van der Waals surface area contributed by atoms with Crippen molar-refractivity contribution in [2.75, 3.05) is 0 Å². The highest BCUT2D eigenvalue weighted by Crippen LogP contribution is 2.51. The second kappa shape index (κ2) is 10.9. The summed E-state index contributed by atoms with van der Waals surface area (Å²) in [6.07, 6.45) is 1.71. The van der Waals surface area contributed by atoms with Gasteiger partial charge in [-0.15, -0.1) is 0 Å². The van der Waals surface area contributed by atoms with Crippen LogP contribution >= 0.6 is 0 Å². The van der Waals surface area contributed by atoms with Crippen LogP contribution < -0.4 is 0 Å². The number of ether oxygens (including phenoxy) is 1. The number of allylic oxidation sites excluding steroid dienone is 1. The molecule has 0 bridgehead atoms. The van der Waals surface area contributed by atoms with Gasteiger partial charge in [0.2, 0.25) is 5.60 Å². The molecule has 0 fully saturated rings. The molecule has 0 aromatic heterocycles. The zero-order valence-corrected chi connectivity index (χ0v) is 22.1. The van der Waals surface area contributed by atoms with E-state index in [-0.39, 0.29) is 46.9 Å². The fraction of sp³-hybridized carbons (Fsp3) is 0.621. The minimum Gasteiger partial charge on any atom is -0.507 e. The summed E-state index contributed by atoms with van der Waals surface area (Å²) >= 11 is 0. The number of esters is 1. The number of carbonyl (C=O) groups is 3. The van der Waals surface area contributed by atoms with Crippen molar-refractivity contribution in [2.24, 2.45) is 29.1 Å². The maximum absolute atomic E-state index is 13.9. The Morgan fingerprint density at radius 1 is 1.00 bits per heavy atom. The average molecular weight is 471 g/mol. The Morgan fingerprint density at radius 2 is 1.56 bits per heavy atom. The van der Waals surface area contributed by atoms with E-state index >= 15 is 0 Å². The van der Waals surface area contributed by atoms with Gasteiger partial charge in [-0.2, -0.15) is 0 Å². The number of carbonyl (C=O) groups excluding carboxylic acids is 3. The highest BCUT2D eigenvalue weighted by atomic mass is 16.6. The van der Waals surface area contributed by atoms with Crippen LogP contribution in [-0.2, 0) is 14.3 Å². The molecule has 1 aromatic carbocycles. The molecule has 0 unspecified atom stereocenters. The summed E-state index contributed by atoms with van der Waals surface area (Å²) < 4.78 is 5.99. The smallest absolute Gasteiger partial charge is 0.339 e. The predicted molar refractivity (Wildman–Crippen MR) is 135 cm³/mol. The number of rotatable bonds is 11. The first-order valence-electron chi connectivity index (χ1n) is 12.6. The van der Waals surface area contributed by atoms with Crippen LogP contribution in [0.3, 0.4) is 0 Å². The molecule has 2 rings (SSSR count). The molecule has 0 spiro atoms. The van der Waals surface area contributed by atoms with Crippen molar-refractivity contribution in [3.8, 4) is 0 Å². The van der Waals surface area contributed by atoms with Gasteiger partial charge in [0.15, 0.2) is 17.3 Å². The van der Waals surface area contributed by atoms with Crippen LogP contribution in [0.1, 0.15) is 91.4 Å². The minimum atomic E-state index is -1.99. The van der Waals surface area contributed by atoms with Gasteiger partial charge in [-0.3, -0.25) is 9.59 Å². The lowest BCUT2D eigenvalue weighted by atomic mass is 9.73. The van der Waals surface area contributed by atoms with Crippen LogP contribution in [0.5, 0.6) is 0 Å². The van der Waals surface area contributed by atoms with Gasteiger partial charge in [-0.25, -0.2) is 4.79 Å². The number of Topliss-reactive ketones (excluding diaryl/α,β-unsaturated/α-hetero) is 2. The highest BCUT2D eigenvalue weighted by molar-refractivity contribution is 6.11. The molecule has 0 aliphatic heterocycles. The van der Waals surface area contributed by atoms with Gasteiger partial charge in [-0.1, -0.05) is 80.0 Å². The third-order valence-corrected chi connectivity index (χ3v) is 7.39. The maximum atomic E-state index is 13.9. The molecule has 34 heavy (non-hydrogen) atoms. The van der Waals surface area contributed by atoms with Crippen molar-refractivity contribution >= 4 is 17.5 Å². The molecule has 1 aromatic rings. The molecular formula is C29H42O5. The Bertz CT molecular complexity index is 923. The van der Waals surface area contributed by atoms with E-state index in [0.717, 1.165) is 0 Å². The quantitative estimate of drug-likeness (QED) is 0.363. The van der Waals surface area contributed by atoms with Crippen molar-refractivity contribution in [1.82, 2.24) is 0 Å². The summed E-state index contributed by atoms with van der Waals surface area (Å²) in [5.74, 6) is -2.16. The number of hydrogen-bond donors (Lipinski definition) is 1. The van der Waals surface area contributed by atoms with Crippen LogP contribution in [0.25, 0.3) is 0 Å². The summed E-state index contributed by atoms with van der Waals surface area (Å²) in [7, 11) is 0. The van der Waals surface area contributed by atoms with Gasteiger partial charge < -0.3 is 9.84 Å². The number of aliphatic hydroxyl groups is 1. The average Bonchev–Trinajstić information content (AvgIpc) is 2.97.